The lowest BCUT2D eigenvalue weighted by Gasteiger charge is -2.13. The number of carboxylic acids is 1. The smallest absolute Gasteiger partial charge is 0.305 e. The van der Waals surface area contributed by atoms with E-state index in [0.717, 1.165) is 0 Å². The summed E-state index contributed by atoms with van der Waals surface area (Å²) >= 11 is 0. The molecule has 0 aliphatic heterocycles. The number of carboxylic acid groups (broad SMARTS) is 1. The molecule has 138 valence electrons. The van der Waals surface area contributed by atoms with E-state index < -0.39 is 11.9 Å². The summed E-state index contributed by atoms with van der Waals surface area (Å²) in [5.41, 5.74) is 0.271. The Labute approximate surface area is 150 Å². The first-order chi connectivity index (χ1) is 12.4. The zero-order valence-electron chi connectivity index (χ0n) is 14.8. The van der Waals surface area contributed by atoms with Gasteiger partial charge in [-0.2, -0.15) is 0 Å². The van der Waals surface area contributed by atoms with Crippen LogP contribution in [0.2, 0.25) is 0 Å². The molecule has 4 N–H and O–H groups in total. The second-order valence-corrected chi connectivity index (χ2v) is 5.54. The Morgan fingerprint density at radius 1 is 1.12 bits per heavy atom. The second-order valence-electron chi connectivity index (χ2n) is 5.54. The highest BCUT2D eigenvalue weighted by Gasteiger charge is 2.15. The highest BCUT2D eigenvalue weighted by Crippen LogP contribution is 2.18. The molecule has 0 saturated carbocycles. The molecule has 10 nitrogen and oxygen atoms in total. The number of hydrogen-bond donors (Lipinski definition) is 4. The van der Waals surface area contributed by atoms with Crippen molar-refractivity contribution < 1.29 is 14.7 Å². The van der Waals surface area contributed by atoms with E-state index in [1.54, 1.807) is 36.2 Å². The van der Waals surface area contributed by atoms with E-state index in [-0.39, 0.29) is 24.3 Å². The fourth-order valence-corrected chi connectivity index (χ4v) is 2.02. The minimum absolute atomic E-state index is 0.0933. The fraction of sp³-hybridized carbons (Fsp3) is 0.312. The Morgan fingerprint density at radius 3 is 2.42 bits per heavy atom. The van der Waals surface area contributed by atoms with E-state index in [2.05, 4.69) is 31.1 Å². The van der Waals surface area contributed by atoms with Gasteiger partial charge in [-0.15, -0.1) is 10.2 Å². The molecule has 2 rings (SSSR count). The van der Waals surface area contributed by atoms with Crippen LogP contribution < -0.4 is 20.9 Å². The van der Waals surface area contributed by atoms with Crippen molar-refractivity contribution >= 4 is 35.1 Å². The number of anilines is 4. The van der Waals surface area contributed by atoms with Crippen LogP contribution in [-0.2, 0) is 4.79 Å². The highest BCUT2D eigenvalue weighted by atomic mass is 16.4. The molecule has 0 saturated heterocycles. The third-order valence-corrected chi connectivity index (χ3v) is 3.38. The van der Waals surface area contributed by atoms with Gasteiger partial charge in [-0.05, 0) is 24.3 Å². The predicted molar refractivity (Wildman–Crippen MR) is 98.8 cm³/mol. The summed E-state index contributed by atoms with van der Waals surface area (Å²) < 4.78 is 0. The minimum atomic E-state index is -0.940. The van der Waals surface area contributed by atoms with Crippen molar-refractivity contribution in [3.8, 4) is 0 Å². The van der Waals surface area contributed by atoms with E-state index in [0.29, 0.717) is 17.5 Å². The van der Waals surface area contributed by atoms with Gasteiger partial charge in [0.15, 0.2) is 11.6 Å². The van der Waals surface area contributed by atoms with Crippen molar-refractivity contribution in [3.05, 3.63) is 29.8 Å². The summed E-state index contributed by atoms with van der Waals surface area (Å²) in [7, 11) is 5.38. The molecule has 2 heterocycles. The molecule has 0 fully saturated rings. The first-order valence-corrected chi connectivity index (χ1v) is 7.87. The van der Waals surface area contributed by atoms with Crippen LogP contribution in [0.25, 0.3) is 0 Å². The zero-order chi connectivity index (χ0) is 19.1. The molecule has 0 aliphatic rings. The van der Waals surface area contributed by atoms with Crippen molar-refractivity contribution in [2.75, 3.05) is 48.5 Å². The van der Waals surface area contributed by atoms with Gasteiger partial charge in [0.1, 0.15) is 11.6 Å². The Morgan fingerprint density at radius 2 is 1.85 bits per heavy atom. The summed E-state index contributed by atoms with van der Waals surface area (Å²) in [5, 5.41) is 25.1. The van der Waals surface area contributed by atoms with E-state index in [1.807, 2.05) is 14.1 Å². The lowest BCUT2D eigenvalue weighted by Crippen LogP contribution is -2.19. The minimum Gasteiger partial charge on any atom is -0.481 e. The molecule has 1 amide bonds. The Balaban J connectivity index is 2.16. The molecule has 0 aliphatic carbocycles. The SMILES string of the molecule is CNc1ccc(C(=O)Nc2ccc(N(C)C)nn2)c(NCCC(=O)O)n1. The molecule has 0 unspecified atom stereocenters. The number of aliphatic carboxylic acids is 1. The number of hydrogen-bond acceptors (Lipinski definition) is 8. The quantitative estimate of drug-likeness (QED) is 0.547. The molecule has 0 radical (unpaired) electrons. The van der Waals surface area contributed by atoms with Crippen molar-refractivity contribution in [2.24, 2.45) is 0 Å². The van der Waals surface area contributed by atoms with Gasteiger partial charge in [-0.25, -0.2) is 4.98 Å². The monoisotopic (exact) mass is 359 g/mol. The van der Waals surface area contributed by atoms with Gasteiger partial charge in [-0.3, -0.25) is 9.59 Å². The Bertz CT molecular complexity index is 778. The third-order valence-electron chi connectivity index (χ3n) is 3.38. The molecule has 2 aromatic rings. The van der Waals surface area contributed by atoms with Gasteiger partial charge in [0, 0.05) is 27.7 Å². The van der Waals surface area contributed by atoms with E-state index in [9.17, 15) is 9.59 Å². The molecule has 10 heteroatoms. The first-order valence-electron chi connectivity index (χ1n) is 7.87. The first kappa shape index (κ1) is 18.9. The number of carbonyl (C=O) groups is 2. The molecule has 26 heavy (non-hydrogen) atoms. The van der Waals surface area contributed by atoms with Gasteiger partial charge < -0.3 is 26.0 Å². The number of pyridine rings is 1. The second kappa shape index (κ2) is 8.60. The summed E-state index contributed by atoms with van der Waals surface area (Å²) in [6, 6.07) is 6.63. The normalized spacial score (nSPS) is 10.1. The fourth-order valence-electron chi connectivity index (χ4n) is 2.02. The summed E-state index contributed by atoms with van der Waals surface area (Å²) in [5.74, 6) is 0.436. The molecular formula is C16H21N7O3. The van der Waals surface area contributed by atoms with Crippen LogP contribution in [0.3, 0.4) is 0 Å². The molecule has 0 spiro atoms. The van der Waals surface area contributed by atoms with Crippen LogP contribution in [0, 0.1) is 0 Å². The number of amides is 1. The van der Waals surface area contributed by atoms with Gasteiger partial charge in [0.05, 0.1) is 12.0 Å². The summed E-state index contributed by atoms with van der Waals surface area (Å²) in [4.78, 5) is 29.3. The summed E-state index contributed by atoms with van der Waals surface area (Å²) in [6.45, 7) is 0.146. The number of carbonyl (C=O) groups excluding carboxylic acids is 1. The van der Waals surface area contributed by atoms with Gasteiger partial charge >= 0.3 is 5.97 Å². The van der Waals surface area contributed by atoms with Crippen molar-refractivity contribution in [1.82, 2.24) is 15.2 Å². The molecule has 2 aromatic heterocycles. The lowest BCUT2D eigenvalue weighted by molar-refractivity contribution is -0.136. The predicted octanol–water partition coefficient (Wildman–Crippen LogP) is 1.12. The molecular weight excluding hydrogens is 338 g/mol. The van der Waals surface area contributed by atoms with E-state index in [1.165, 1.54) is 0 Å². The molecule has 0 aromatic carbocycles. The zero-order valence-corrected chi connectivity index (χ0v) is 14.8. The Hall–Kier alpha value is -3.43. The van der Waals surface area contributed by atoms with Crippen molar-refractivity contribution in [1.29, 1.82) is 0 Å². The Kier molecular flexibility index (Phi) is 6.25. The van der Waals surface area contributed by atoms with E-state index >= 15 is 0 Å². The van der Waals surface area contributed by atoms with Gasteiger partial charge in [0.2, 0.25) is 0 Å². The molecule has 0 atom stereocenters. The van der Waals surface area contributed by atoms with Gasteiger partial charge in [0.25, 0.3) is 5.91 Å². The average Bonchev–Trinajstić information content (AvgIpc) is 2.61. The maximum Gasteiger partial charge on any atom is 0.305 e. The van der Waals surface area contributed by atoms with Crippen LogP contribution in [-0.4, -0.2) is 59.9 Å². The highest BCUT2D eigenvalue weighted by molar-refractivity contribution is 6.07. The van der Waals surface area contributed by atoms with Crippen LogP contribution >= 0.6 is 0 Å². The van der Waals surface area contributed by atoms with E-state index in [4.69, 9.17) is 5.11 Å². The average molecular weight is 359 g/mol. The van der Waals surface area contributed by atoms with Crippen molar-refractivity contribution in [2.45, 2.75) is 6.42 Å². The largest absolute Gasteiger partial charge is 0.481 e. The number of rotatable bonds is 8. The number of aromatic nitrogens is 3. The van der Waals surface area contributed by atoms with Crippen LogP contribution in [0.1, 0.15) is 16.8 Å². The number of nitrogens with one attached hydrogen (secondary N) is 3. The van der Waals surface area contributed by atoms with Crippen LogP contribution in [0.5, 0.6) is 0 Å². The maximum absolute atomic E-state index is 12.5. The molecule has 0 bridgehead atoms. The standard InChI is InChI=1S/C16H21N7O3/c1-17-11-5-4-10(15(19-11)18-9-8-14(24)25)16(26)20-12-6-7-13(22-21-12)23(2)3/h4-7H,8-9H2,1-3H3,(H,24,25)(H2,17,18,19)(H,20,21,26). The lowest BCUT2D eigenvalue weighted by atomic mass is 10.2. The number of nitrogens with zero attached hydrogens (tertiary/aromatic N) is 4. The van der Waals surface area contributed by atoms with Crippen LogP contribution in [0.15, 0.2) is 24.3 Å². The van der Waals surface area contributed by atoms with Crippen molar-refractivity contribution in [3.63, 3.8) is 0 Å². The van der Waals surface area contributed by atoms with Crippen LogP contribution in [0.4, 0.5) is 23.3 Å². The summed E-state index contributed by atoms with van der Waals surface area (Å²) in [6.07, 6.45) is -0.0933. The maximum atomic E-state index is 12.5. The van der Waals surface area contributed by atoms with Gasteiger partial charge in [-0.1, -0.05) is 0 Å². The third kappa shape index (κ3) is 5.03. The topological polar surface area (TPSA) is 132 Å².